The van der Waals surface area contributed by atoms with E-state index in [1.165, 1.54) is 64.2 Å². The van der Waals surface area contributed by atoms with Crippen LogP contribution >= 0.6 is 0 Å². The third-order valence-electron chi connectivity index (χ3n) is 4.35. The van der Waals surface area contributed by atoms with Crippen LogP contribution in [0.4, 0.5) is 0 Å². The first-order valence-corrected chi connectivity index (χ1v) is 12.1. The summed E-state index contributed by atoms with van der Waals surface area (Å²) >= 11 is 0.422. The van der Waals surface area contributed by atoms with Crippen molar-refractivity contribution in [1.82, 2.24) is 0 Å². The predicted molar refractivity (Wildman–Crippen MR) is 115 cm³/mol. The Balaban J connectivity index is 0.000000533. The molecule has 0 aliphatic carbocycles. The quantitative estimate of drug-likeness (QED) is 0.232. The molecule has 0 aliphatic rings. The summed E-state index contributed by atoms with van der Waals surface area (Å²) in [6.07, 6.45) is 18.6. The Bertz CT molecular complexity index is 512. The molecule has 0 aliphatic heterocycles. The van der Waals surface area contributed by atoms with Crippen molar-refractivity contribution in [2.75, 3.05) is 0 Å². The number of rotatable bonds is 14. The van der Waals surface area contributed by atoms with Gasteiger partial charge in [0.15, 0.2) is 0 Å². The normalized spacial score (nSPS) is 10.5. The molecule has 0 spiro atoms. The van der Waals surface area contributed by atoms with Crippen molar-refractivity contribution in [3.63, 3.8) is 0 Å². The van der Waals surface area contributed by atoms with Gasteiger partial charge < -0.3 is 5.11 Å². The summed E-state index contributed by atoms with van der Waals surface area (Å²) in [5, 5.41) is 8.29. The SMILES string of the molecule is CCCCCCCCCCCCC[C](=O)[K].O=C(O)C=Cc1ccccc1. The minimum absolute atomic E-state index is 0.422. The van der Waals surface area contributed by atoms with E-state index in [4.69, 9.17) is 5.11 Å². The second-order valence-corrected chi connectivity index (χ2v) is 8.81. The Labute approximate surface area is 199 Å². The Morgan fingerprint density at radius 3 is 1.78 bits per heavy atom. The van der Waals surface area contributed by atoms with Gasteiger partial charge in [0.05, 0.1) is 0 Å². The van der Waals surface area contributed by atoms with E-state index < -0.39 is 5.97 Å². The van der Waals surface area contributed by atoms with Crippen LogP contribution in [0.5, 0.6) is 0 Å². The monoisotopic (exact) mass is 398 g/mol. The number of benzene rings is 1. The van der Waals surface area contributed by atoms with Crippen LogP contribution in [0.2, 0.25) is 0 Å². The van der Waals surface area contributed by atoms with Crippen LogP contribution in [0.15, 0.2) is 36.4 Å². The molecule has 4 heteroatoms. The van der Waals surface area contributed by atoms with Gasteiger partial charge >= 0.3 is 130 Å². The van der Waals surface area contributed by atoms with E-state index >= 15 is 0 Å². The summed E-state index contributed by atoms with van der Waals surface area (Å²) in [6.45, 7) is 2.27. The van der Waals surface area contributed by atoms with Gasteiger partial charge in [0, 0.05) is 6.08 Å². The molecule has 1 aromatic carbocycles. The van der Waals surface area contributed by atoms with Gasteiger partial charge in [-0.15, -0.1) is 0 Å². The van der Waals surface area contributed by atoms with Gasteiger partial charge in [-0.2, -0.15) is 0 Å². The second-order valence-electron chi connectivity index (χ2n) is 7.07. The maximum atomic E-state index is 10.8. The smallest absolute Gasteiger partial charge is 0.328 e. The Morgan fingerprint density at radius 2 is 1.33 bits per heavy atom. The Hall–Kier alpha value is -0.264. The molecular weight excluding hydrogens is 363 g/mol. The number of carbonyl (C=O) groups is 2. The van der Waals surface area contributed by atoms with Crippen molar-refractivity contribution in [3.8, 4) is 0 Å². The van der Waals surface area contributed by atoms with Gasteiger partial charge in [0.2, 0.25) is 0 Å². The first-order chi connectivity index (χ1) is 13.1. The molecule has 1 rings (SSSR count). The summed E-state index contributed by atoms with van der Waals surface area (Å²) < 4.78 is 0.531. The third-order valence-corrected chi connectivity index (χ3v) is 5.13. The molecule has 0 saturated carbocycles. The van der Waals surface area contributed by atoms with Gasteiger partial charge in [0.1, 0.15) is 0 Å². The molecule has 0 amide bonds. The number of carboxylic acids is 1. The molecule has 0 radical (unpaired) electrons. The van der Waals surface area contributed by atoms with Crippen molar-refractivity contribution in [2.45, 2.75) is 84.0 Å². The van der Waals surface area contributed by atoms with Crippen molar-refractivity contribution >= 4 is 60.9 Å². The van der Waals surface area contributed by atoms with Crippen LogP contribution in [-0.4, -0.2) is 59.9 Å². The molecule has 0 heterocycles. The second kappa shape index (κ2) is 20.5. The van der Waals surface area contributed by atoms with Crippen LogP contribution in [0.3, 0.4) is 0 Å². The summed E-state index contributed by atoms with van der Waals surface area (Å²) in [4.78, 5) is 20.9. The van der Waals surface area contributed by atoms with Crippen LogP contribution in [-0.2, 0) is 9.59 Å². The minimum Gasteiger partial charge on any atom is -0.478 e. The standard InChI is InChI=1S/C14H27O.C9H8O2.K/c1-2-3-4-5-6-7-8-9-10-11-12-13-14-15;10-9(11)7-6-8-4-2-1-3-5-8;/h2-13H2,1H3;1-7H,(H,10,11);. The Morgan fingerprint density at radius 1 is 0.852 bits per heavy atom. The fourth-order valence-corrected chi connectivity index (χ4v) is 3.32. The van der Waals surface area contributed by atoms with E-state index in [2.05, 4.69) is 6.92 Å². The zero-order chi connectivity index (χ0) is 20.2. The van der Waals surface area contributed by atoms with Crippen LogP contribution in [0.25, 0.3) is 6.08 Å². The summed E-state index contributed by atoms with van der Waals surface area (Å²) in [5.41, 5.74) is 0.898. The van der Waals surface area contributed by atoms with Crippen LogP contribution in [0.1, 0.15) is 89.5 Å². The molecule has 0 saturated heterocycles. The summed E-state index contributed by atoms with van der Waals surface area (Å²) in [6, 6.07) is 9.31. The first-order valence-electron chi connectivity index (χ1n) is 10.5. The van der Waals surface area contributed by atoms with Crippen molar-refractivity contribution in [1.29, 1.82) is 0 Å². The zero-order valence-electron chi connectivity index (χ0n) is 17.3. The zero-order valence-corrected chi connectivity index (χ0v) is 20.4. The minimum atomic E-state index is -0.922. The number of hydrogen-bond acceptors (Lipinski definition) is 2. The third kappa shape index (κ3) is 21.9. The predicted octanol–water partition coefficient (Wildman–Crippen LogP) is 6.17. The number of carbonyl (C=O) groups excluding carboxylic acids is 1. The maximum absolute atomic E-state index is 10.8. The van der Waals surface area contributed by atoms with Gasteiger partial charge in [-0.05, 0) is 11.6 Å². The molecule has 146 valence electrons. The molecule has 0 unspecified atom stereocenters. The van der Waals surface area contributed by atoms with Crippen molar-refractivity contribution in [3.05, 3.63) is 42.0 Å². The molecule has 1 N–H and O–H groups in total. The van der Waals surface area contributed by atoms with E-state index in [0.717, 1.165) is 24.5 Å². The van der Waals surface area contributed by atoms with Gasteiger partial charge in [-0.3, -0.25) is 0 Å². The number of aliphatic carboxylic acids is 1. The molecule has 0 atom stereocenters. The molecule has 27 heavy (non-hydrogen) atoms. The van der Waals surface area contributed by atoms with Gasteiger partial charge in [0.25, 0.3) is 0 Å². The van der Waals surface area contributed by atoms with Crippen molar-refractivity contribution in [2.24, 2.45) is 0 Å². The molecule has 0 fully saturated rings. The average Bonchev–Trinajstić information content (AvgIpc) is 2.65. The van der Waals surface area contributed by atoms with Crippen LogP contribution < -0.4 is 0 Å². The molecule has 1 aromatic rings. The van der Waals surface area contributed by atoms with E-state index in [9.17, 15) is 9.59 Å². The topological polar surface area (TPSA) is 54.4 Å². The van der Waals surface area contributed by atoms with E-state index in [-0.39, 0.29) is 0 Å². The van der Waals surface area contributed by atoms with E-state index in [1.54, 1.807) is 6.08 Å². The number of hydrogen-bond donors (Lipinski definition) is 1. The van der Waals surface area contributed by atoms with E-state index in [0.29, 0.717) is 48.8 Å². The van der Waals surface area contributed by atoms with Gasteiger partial charge in [-0.25, -0.2) is 4.79 Å². The molecule has 0 aromatic heterocycles. The molecule has 0 bridgehead atoms. The van der Waals surface area contributed by atoms with Crippen molar-refractivity contribution < 1.29 is 14.7 Å². The largest absolute Gasteiger partial charge is 0.478 e. The average molecular weight is 399 g/mol. The molecular formula is C23H35KO3. The van der Waals surface area contributed by atoms with E-state index in [1.807, 2.05) is 30.3 Å². The van der Waals surface area contributed by atoms with Crippen LogP contribution in [0, 0.1) is 0 Å². The Kier molecular flexibility index (Phi) is 20.3. The number of unbranched alkanes of at least 4 members (excludes halogenated alkanes) is 10. The molecule has 3 nitrogen and oxygen atoms in total. The summed E-state index contributed by atoms with van der Waals surface area (Å²) in [7, 11) is 0. The maximum Gasteiger partial charge on any atom is 0.328 e. The van der Waals surface area contributed by atoms with Gasteiger partial charge in [-0.1, -0.05) is 43.7 Å². The number of carboxylic acid groups (broad SMARTS) is 1. The fraction of sp³-hybridized carbons (Fsp3) is 0.565. The first kappa shape index (κ1) is 26.7. The summed E-state index contributed by atoms with van der Waals surface area (Å²) in [5.74, 6) is -0.922. The fourth-order valence-electron chi connectivity index (χ4n) is 2.77.